The molecule has 442 valence electrons. The van der Waals surface area contributed by atoms with Crippen LogP contribution in [0.15, 0.2) is 92.1 Å². The number of halogens is 6. The summed E-state index contributed by atoms with van der Waals surface area (Å²) in [6.07, 6.45) is 2.76. The van der Waals surface area contributed by atoms with Gasteiger partial charge in [0.2, 0.25) is 34.6 Å². The van der Waals surface area contributed by atoms with E-state index in [-0.39, 0.29) is 135 Å². The molecule has 0 saturated heterocycles. The summed E-state index contributed by atoms with van der Waals surface area (Å²) < 4.78 is 86.2. The first-order valence-electron chi connectivity index (χ1n) is 24.4. The van der Waals surface area contributed by atoms with Gasteiger partial charge in [0, 0.05) is 19.4 Å². The lowest BCUT2D eigenvalue weighted by molar-refractivity contribution is -0.151. The highest BCUT2D eigenvalue weighted by Gasteiger charge is 2.57. The van der Waals surface area contributed by atoms with Gasteiger partial charge in [0.15, 0.2) is 5.84 Å². The quantitative estimate of drug-likeness (QED) is 0.0158. The third kappa shape index (κ3) is 13.6. The van der Waals surface area contributed by atoms with Crippen LogP contribution in [0.2, 0.25) is 15.1 Å². The topological polar surface area (TPSA) is 415 Å². The highest BCUT2D eigenvalue weighted by Crippen LogP contribution is 2.49. The molecule has 0 unspecified atom stereocenters. The number of hydrogen-bond donors (Lipinski definition) is 4. The number of methoxy groups -OCH3 is 1. The van der Waals surface area contributed by atoms with Crippen LogP contribution >= 0.6 is 34.8 Å². The van der Waals surface area contributed by atoms with Gasteiger partial charge in [0.25, 0.3) is 17.6 Å². The molecule has 10 rings (SSSR count). The summed E-state index contributed by atoms with van der Waals surface area (Å²) in [4.78, 5) is 75.7. The number of nitrogens with one attached hydrogen (secondary N) is 1. The average Bonchev–Trinajstić information content (AvgIpc) is 2.49. The molecule has 84 heavy (non-hydrogen) atoms. The van der Waals surface area contributed by atoms with Crippen molar-refractivity contribution in [2.75, 3.05) is 33.5 Å². The Bertz CT molecular complexity index is 3850. The number of amidine groups is 1. The van der Waals surface area contributed by atoms with Crippen molar-refractivity contribution in [3.63, 3.8) is 0 Å². The smallest absolute Gasteiger partial charge is 0.446 e. The minimum Gasteiger partial charge on any atom is -0.474 e. The van der Waals surface area contributed by atoms with Crippen LogP contribution in [0.5, 0.6) is 17.6 Å². The van der Waals surface area contributed by atoms with E-state index >= 15 is 0 Å². The van der Waals surface area contributed by atoms with Crippen LogP contribution < -0.4 is 42.7 Å². The number of esters is 1. The number of nitrogens with zero attached hydrogens (tertiary/aromatic N) is 11. The van der Waals surface area contributed by atoms with Crippen molar-refractivity contribution in [1.82, 2.24) is 55.9 Å². The lowest BCUT2D eigenvalue weighted by Gasteiger charge is -2.11. The van der Waals surface area contributed by atoms with Crippen LogP contribution in [0.25, 0.3) is 34.4 Å². The number of rotatable bonds is 23. The Morgan fingerprint density at radius 3 is 1.56 bits per heavy atom. The Hall–Kier alpha value is -9.31. The molecule has 0 bridgehead atoms. The predicted molar refractivity (Wildman–Crippen MR) is 276 cm³/mol. The number of ether oxygens (including phenoxy) is 4. The van der Waals surface area contributed by atoms with Gasteiger partial charge in [-0.05, 0) is 124 Å². The fourth-order valence-corrected chi connectivity index (χ4v) is 8.23. The van der Waals surface area contributed by atoms with E-state index in [1.807, 2.05) is 5.48 Å². The van der Waals surface area contributed by atoms with E-state index in [1.54, 1.807) is 0 Å². The summed E-state index contributed by atoms with van der Waals surface area (Å²) in [5.74, 6) is -5.63. The minimum absolute atomic E-state index is 0.00860. The van der Waals surface area contributed by atoms with E-state index in [0.29, 0.717) is 38.5 Å². The van der Waals surface area contributed by atoms with Crippen molar-refractivity contribution >= 4 is 69.8 Å². The number of amides is 1. The van der Waals surface area contributed by atoms with Gasteiger partial charge in [0.05, 0.1) is 52.5 Å². The number of aliphatic imine (C=N–C) groups is 1. The van der Waals surface area contributed by atoms with Gasteiger partial charge in [-0.15, -0.1) is 0 Å². The molecular formula is C48H42Cl3F3N14O16. The van der Waals surface area contributed by atoms with Gasteiger partial charge in [-0.25, -0.2) is 50.8 Å². The second-order valence-corrected chi connectivity index (χ2v) is 19.0. The van der Waals surface area contributed by atoms with E-state index < -0.39 is 51.7 Å². The molecule has 6 N–H and O–H groups in total. The first kappa shape index (κ1) is 60.8. The van der Waals surface area contributed by atoms with Gasteiger partial charge >= 0.3 is 17.5 Å². The van der Waals surface area contributed by atoms with E-state index in [0.717, 1.165) is 27.3 Å². The molecule has 36 heteroatoms. The normalized spacial score (nSPS) is 13.6. The van der Waals surface area contributed by atoms with Crippen molar-refractivity contribution in [2.45, 2.75) is 51.4 Å². The Kier molecular flexibility index (Phi) is 19.3. The average molecular weight is 1230 g/mol. The monoisotopic (exact) mass is 1230 g/mol. The molecule has 30 nitrogen and oxygen atoms in total. The van der Waals surface area contributed by atoms with Gasteiger partial charge in [0.1, 0.15) is 46.5 Å². The number of carbonyl (C=O) groups excluding carboxylic acids is 4. The summed E-state index contributed by atoms with van der Waals surface area (Å²) in [5.41, 5.74) is 11.0. The van der Waals surface area contributed by atoms with Crippen molar-refractivity contribution in [3.05, 3.63) is 114 Å². The lowest BCUT2D eigenvalue weighted by Crippen LogP contribution is -2.32. The van der Waals surface area contributed by atoms with E-state index in [1.165, 1.54) is 43.5 Å². The van der Waals surface area contributed by atoms with Crippen molar-refractivity contribution in [3.8, 4) is 52.1 Å². The van der Waals surface area contributed by atoms with Crippen LogP contribution in [0.1, 0.15) is 57.1 Å². The molecule has 0 atom stereocenters. The summed E-state index contributed by atoms with van der Waals surface area (Å²) >= 11 is 17.2. The highest BCUT2D eigenvalue weighted by molar-refractivity contribution is 6.31. The zero-order valence-corrected chi connectivity index (χ0v) is 45.4. The molecule has 0 radical (unpaired) electrons. The van der Waals surface area contributed by atoms with Crippen LogP contribution in [0.3, 0.4) is 0 Å². The Morgan fingerprint density at radius 1 is 0.655 bits per heavy atom. The van der Waals surface area contributed by atoms with Crippen LogP contribution in [-0.2, 0) is 23.9 Å². The van der Waals surface area contributed by atoms with Crippen LogP contribution in [0, 0.1) is 28.3 Å². The summed E-state index contributed by atoms with van der Waals surface area (Å²) in [7, 11) is 1.25. The largest absolute Gasteiger partial charge is 0.474 e. The van der Waals surface area contributed by atoms with E-state index in [2.05, 4.69) is 60.0 Å². The summed E-state index contributed by atoms with van der Waals surface area (Å²) in [5, 5.41) is 37.8. The van der Waals surface area contributed by atoms with Crippen molar-refractivity contribution in [1.29, 1.82) is 0 Å². The maximum Gasteiger partial charge on any atom is 0.446 e. The minimum atomic E-state index is -1.03. The number of ketones is 2. The molecule has 2 saturated carbocycles. The zero-order valence-electron chi connectivity index (χ0n) is 43.1. The molecule has 2 aliphatic rings. The molecule has 2 fully saturated rings. The maximum absolute atomic E-state index is 13.5. The lowest BCUT2D eigenvalue weighted by atomic mass is 9.97. The molecule has 8 aromatic rings. The Balaban J connectivity index is 0.000000166. The SMILES string of the molecule is COC(=O)C1(C(=O)CCCOc2nonc2-c2noc(=O)n2-c2ccc(F)c(Cl)c2)CC1.NC(=O)C1(C(=O)CCCOc2nonc2C(=Nc2ccc(F)c(Cl)c2)NO)CC1.NCCOc1nonc1-c1noc(=O)n1-c1ccc(F)c(Cl)c1. The third-order valence-corrected chi connectivity index (χ3v) is 13.2. The first-order chi connectivity index (χ1) is 40.4. The van der Waals surface area contributed by atoms with Gasteiger partial charge < -0.3 is 30.4 Å². The van der Waals surface area contributed by atoms with Crippen molar-refractivity contribution < 1.29 is 79.4 Å². The summed E-state index contributed by atoms with van der Waals surface area (Å²) in [6, 6.07) is 11.0. The number of benzene rings is 3. The number of hydrogen-bond acceptors (Lipinski definition) is 26. The molecule has 5 heterocycles. The molecule has 3 aromatic carbocycles. The van der Waals surface area contributed by atoms with Gasteiger partial charge in [-0.1, -0.05) is 45.1 Å². The highest BCUT2D eigenvalue weighted by atomic mass is 35.5. The molecule has 5 aromatic heterocycles. The van der Waals surface area contributed by atoms with E-state index in [9.17, 15) is 47.1 Å². The maximum atomic E-state index is 13.5. The Morgan fingerprint density at radius 2 is 1.11 bits per heavy atom. The molecule has 1 amide bonds. The third-order valence-electron chi connectivity index (χ3n) is 12.4. The Labute approximate surface area is 481 Å². The molecule has 0 aliphatic heterocycles. The predicted octanol–water partition coefficient (Wildman–Crippen LogP) is 5.27. The summed E-state index contributed by atoms with van der Waals surface area (Å²) in [6.45, 7) is 0.523. The number of primary amides is 1. The standard InChI is InChI=1S/C19H16ClFN4O7.C17H17ClFN5O5.C12H9ClFN5O4/c1-29-17(27)19(6-7-19)13(26)3-2-8-30-16-14(22-32-24-16)15-23-31-18(28)25(15)10-4-5-12(21)11(20)9-10;18-10-8-9(3-4-11(10)19)21-14(22-27)13-15(24-29-23-13)28-7-1-2-12(25)17(5-6-17)16(20)26;13-7-5-6(1-2-8(7)14)19-10(17-22-12(19)20)9-11(18-23-16-9)21-4-3-15/h4-5,9H,2-3,6-8H2,1H3;3-4,8,27H,1-2,5-7H2,(H2,20,26)(H,21,22);1-2,5H,3-4,15H2. The van der Waals surface area contributed by atoms with Crippen LogP contribution in [0.4, 0.5) is 18.9 Å². The number of Topliss-reactive ketones (excluding diaryl/α,β-unsaturated/α-hetero) is 2. The molecular weight excluding hydrogens is 1190 g/mol. The fourth-order valence-electron chi connectivity index (χ4n) is 7.70. The first-order valence-corrected chi connectivity index (χ1v) is 25.5. The van der Waals surface area contributed by atoms with Crippen LogP contribution in [-0.4, -0.2) is 118 Å². The second kappa shape index (κ2) is 26.7. The van der Waals surface area contributed by atoms with Crippen molar-refractivity contribution in [2.24, 2.45) is 27.3 Å². The molecule has 0 spiro atoms. The van der Waals surface area contributed by atoms with E-state index in [4.69, 9.17) is 74.4 Å². The number of hydroxylamine groups is 1. The van der Waals surface area contributed by atoms with Gasteiger partial charge in [-0.3, -0.25) is 38.9 Å². The zero-order chi connectivity index (χ0) is 60.3. The second-order valence-electron chi connectivity index (χ2n) is 17.7. The number of nitrogens with two attached hydrogens (primary N) is 2. The van der Waals surface area contributed by atoms with Gasteiger partial charge in [-0.2, -0.15) is 0 Å². The molecule has 2 aliphatic carbocycles. The number of aromatic nitrogens is 10. The number of carbonyl (C=O) groups is 4. The fraction of sp³-hybridized carbons (Fsp3) is 0.312.